The number of imidazole rings is 1. The van der Waals surface area contributed by atoms with E-state index >= 15 is 0 Å². The monoisotopic (exact) mass is 439 g/mol. The van der Waals surface area contributed by atoms with Crippen LogP contribution in [0.2, 0.25) is 0 Å². The van der Waals surface area contributed by atoms with Crippen LogP contribution in [0.3, 0.4) is 0 Å². The number of hydrogen-bond donors (Lipinski definition) is 4. The number of nitrogens with zero attached hydrogens (tertiary/aromatic N) is 4. The van der Waals surface area contributed by atoms with E-state index in [1.54, 1.807) is 6.07 Å². The predicted octanol–water partition coefficient (Wildman–Crippen LogP) is 1.46. The number of benzene rings is 1. The number of nitrogens with one attached hydrogen (secondary N) is 1. The van der Waals surface area contributed by atoms with E-state index in [2.05, 4.69) is 20.3 Å². The molecule has 0 unspecified atom stereocenters. The second-order valence-corrected chi connectivity index (χ2v) is 7.48. The number of aromatic nitrogens is 4. The average molecular weight is 439 g/mol. The lowest BCUT2D eigenvalue weighted by atomic mass is 9.96. The highest BCUT2D eigenvalue weighted by Gasteiger charge is 2.53. The maximum atomic E-state index is 12.9. The molecule has 2 aromatic heterocycles. The standard InChI is InChI=1S/C19H20F3N5O4/c1-18(30)14(29)12(7-28)31-17(18)27-9-26-13-15(24-8-25-16(13)27)23-6-10-3-2-4-11(5-10)19(20,21)22/h2-5,8-9,12,14,17,28-30H,6-7H2,1H3,(H,23,24,25)/t12-,14-,17-,18-/m1/s1. The van der Waals surface area contributed by atoms with Crippen LogP contribution in [0.25, 0.3) is 11.2 Å². The molecule has 3 heterocycles. The van der Waals surface area contributed by atoms with Crippen LogP contribution in [-0.4, -0.2) is 59.3 Å². The van der Waals surface area contributed by atoms with Crippen molar-refractivity contribution in [2.24, 2.45) is 0 Å². The van der Waals surface area contributed by atoms with Crippen molar-refractivity contribution in [2.75, 3.05) is 11.9 Å². The van der Waals surface area contributed by atoms with Gasteiger partial charge in [0.25, 0.3) is 0 Å². The zero-order valence-electron chi connectivity index (χ0n) is 16.3. The zero-order chi connectivity index (χ0) is 22.4. The Hall–Kier alpha value is -2.80. The summed E-state index contributed by atoms with van der Waals surface area (Å²) in [4.78, 5) is 12.5. The molecule has 0 amide bonds. The van der Waals surface area contributed by atoms with Crippen molar-refractivity contribution >= 4 is 17.0 Å². The van der Waals surface area contributed by atoms with E-state index < -0.39 is 42.4 Å². The van der Waals surface area contributed by atoms with Gasteiger partial charge in [0.2, 0.25) is 0 Å². The van der Waals surface area contributed by atoms with Gasteiger partial charge in [-0.05, 0) is 24.6 Å². The molecule has 1 aliphatic rings. The van der Waals surface area contributed by atoms with Gasteiger partial charge in [-0.15, -0.1) is 0 Å². The van der Waals surface area contributed by atoms with Crippen molar-refractivity contribution < 1.29 is 33.2 Å². The number of fused-ring (bicyclic) bond motifs is 1. The third-order valence-electron chi connectivity index (χ3n) is 5.26. The second kappa shape index (κ2) is 7.71. The summed E-state index contributed by atoms with van der Waals surface area (Å²) in [5.74, 6) is 0.276. The summed E-state index contributed by atoms with van der Waals surface area (Å²) in [5.41, 5.74) is -1.50. The van der Waals surface area contributed by atoms with Crippen LogP contribution in [0.1, 0.15) is 24.3 Å². The number of aliphatic hydroxyl groups is 3. The van der Waals surface area contributed by atoms with E-state index in [0.717, 1.165) is 12.1 Å². The number of rotatable bonds is 5. The van der Waals surface area contributed by atoms with Gasteiger partial charge >= 0.3 is 6.18 Å². The van der Waals surface area contributed by atoms with Gasteiger partial charge in [0.15, 0.2) is 23.2 Å². The molecule has 31 heavy (non-hydrogen) atoms. The van der Waals surface area contributed by atoms with Gasteiger partial charge in [0.05, 0.1) is 18.5 Å². The van der Waals surface area contributed by atoms with Crippen molar-refractivity contribution in [2.45, 2.75) is 43.7 Å². The van der Waals surface area contributed by atoms with Crippen LogP contribution in [0.15, 0.2) is 36.9 Å². The summed E-state index contributed by atoms with van der Waals surface area (Å²) in [5, 5.41) is 33.2. The zero-order valence-corrected chi connectivity index (χ0v) is 16.3. The minimum Gasteiger partial charge on any atom is -0.394 e. The lowest BCUT2D eigenvalue weighted by Crippen LogP contribution is -2.44. The summed E-state index contributed by atoms with van der Waals surface area (Å²) >= 11 is 0. The highest BCUT2D eigenvalue weighted by molar-refractivity contribution is 5.82. The molecule has 1 aliphatic heterocycles. The van der Waals surface area contributed by atoms with Crippen LogP contribution in [0.5, 0.6) is 0 Å². The van der Waals surface area contributed by atoms with Gasteiger partial charge in [-0.1, -0.05) is 12.1 Å². The van der Waals surface area contributed by atoms with Crippen LogP contribution in [0, 0.1) is 0 Å². The second-order valence-electron chi connectivity index (χ2n) is 7.48. The quantitative estimate of drug-likeness (QED) is 0.471. The summed E-state index contributed by atoms with van der Waals surface area (Å²) in [6.45, 7) is 0.947. The molecule has 1 saturated heterocycles. The summed E-state index contributed by atoms with van der Waals surface area (Å²) in [6.07, 6.45) is -5.25. The Morgan fingerprint density at radius 1 is 1.26 bits per heavy atom. The van der Waals surface area contributed by atoms with Gasteiger partial charge in [-0.2, -0.15) is 13.2 Å². The summed E-state index contributed by atoms with van der Waals surface area (Å²) in [6, 6.07) is 4.92. The fourth-order valence-corrected chi connectivity index (χ4v) is 3.59. The van der Waals surface area contributed by atoms with Crippen LogP contribution >= 0.6 is 0 Å². The van der Waals surface area contributed by atoms with E-state index in [1.165, 1.54) is 30.2 Å². The minimum absolute atomic E-state index is 0.0613. The first-order chi connectivity index (χ1) is 14.6. The molecule has 0 radical (unpaired) electrons. The Morgan fingerprint density at radius 2 is 2.03 bits per heavy atom. The van der Waals surface area contributed by atoms with Gasteiger partial charge in [0.1, 0.15) is 24.1 Å². The Morgan fingerprint density at radius 3 is 2.71 bits per heavy atom. The molecule has 0 saturated carbocycles. The van der Waals surface area contributed by atoms with Crippen molar-refractivity contribution in [3.05, 3.63) is 48.0 Å². The van der Waals surface area contributed by atoms with Gasteiger partial charge in [0, 0.05) is 6.54 Å². The Labute approximate surface area is 174 Å². The van der Waals surface area contributed by atoms with E-state index in [0.29, 0.717) is 11.1 Å². The molecule has 4 N–H and O–H groups in total. The fraction of sp³-hybridized carbons (Fsp3) is 0.421. The number of aliphatic hydroxyl groups excluding tert-OH is 2. The van der Waals surface area contributed by atoms with Crippen molar-refractivity contribution in [3.8, 4) is 0 Å². The number of alkyl halides is 3. The fourth-order valence-electron chi connectivity index (χ4n) is 3.59. The molecule has 0 bridgehead atoms. The number of ether oxygens (including phenoxy) is 1. The normalized spacial score (nSPS) is 26.5. The topological polar surface area (TPSA) is 126 Å². The van der Waals surface area contributed by atoms with Crippen molar-refractivity contribution in [3.63, 3.8) is 0 Å². The van der Waals surface area contributed by atoms with E-state index in [-0.39, 0.29) is 18.0 Å². The lowest BCUT2D eigenvalue weighted by molar-refractivity contribution is -0.137. The molecular weight excluding hydrogens is 419 g/mol. The van der Waals surface area contributed by atoms with E-state index in [1.807, 2.05) is 0 Å². The Kier molecular flexibility index (Phi) is 5.33. The first-order valence-electron chi connectivity index (χ1n) is 9.37. The van der Waals surface area contributed by atoms with Gasteiger partial charge in [-0.3, -0.25) is 4.57 Å². The first-order valence-corrected chi connectivity index (χ1v) is 9.37. The molecular formula is C19H20F3N5O4. The first kappa shape index (κ1) is 21.4. The molecule has 4 rings (SSSR count). The van der Waals surface area contributed by atoms with Crippen LogP contribution in [0.4, 0.5) is 19.0 Å². The maximum Gasteiger partial charge on any atom is 0.416 e. The van der Waals surface area contributed by atoms with Crippen molar-refractivity contribution in [1.29, 1.82) is 0 Å². The molecule has 0 aliphatic carbocycles. The van der Waals surface area contributed by atoms with Gasteiger partial charge in [-0.25, -0.2) is 15.0 Å². The summed E-state index contributed by atoms with van der Waals surface area (Å²) < 4.78 is 45.7. The number of halogens is 3. The van der Waals surface area contributed by atoms with Gasteiger partial charge < -0.3 is 25.4 Å². The maximum absolute atomic E-state index is 12.9. The van der Waals surface area contributed by atoms with E-state index in [9.17, 15) is 28.5 Å². The van der Waals surface area contributed by atoms with Crippen molar-refractivity contribution in [1.82, 2.24) is 19.5 Å². The van der Waals surface area contributed by atoms with Crippen LogP contribution < -0.4 is 5.32 Å². The molecule has 166 valence electrons. The molecule has 1 aromatic carbocycles. The highest BCUT2D eigenvalue weighted by Crippen LogP contribution is 2.39. The Bertz CT molecular complexity index is 1090. The molecule has 9 nitrogen and oxygen atoms in total. The summed E-state index contributed by atoms with van der Waals surface area (Å²) in [7, 11) is 0. The predicted molar refractivity (Wildman–Crippen MR) is 102 cm³/mol. The molecule has 12 heteroatoms. The molecule has 4 atom stereocenters. The largest absolute Gasteiger partial charge is 0.416 e. The lowest BCUT2D eigenvalue weighted by Gasteiger charge is -2.27. The average Bonchev–Trinajstić information content (AvgIpc) is 3.25. The molecule has 3 aromatic rings. The Balaban J connectivity index is 1.60. The van der Waals surface area contributed by atoms with E-state index in [4.69, 9.17) is 4.74 Å². The smallest absolute Gasteiger partial charge is 0.394 e. The molecule has 1 fully saturated rings. The number of anilines is 1. The van der Waals surface area contributed by atoms with Crippen LogP contribution in [-0.2, 0) is 17.5 Å². The third kappa shape index (κ3) is 3.82. The molecule has 0 spiro atoms. The SMILES string of the molecule is C[C@@]1(O)[C@H](O)[C@@H](CO)O[C@H]1n1cnc2c(NCc3cccc(C(F)(F)F)c3)ncnc21. The minimum atomic E-state index is -4.44. The third-order valence-corrected chi connectivity index (χ3v) is 5.26. The highest BCUT2D eigenvalue weighted by atomic mass is 19.4. The number of hydrogen-bond acceptors (Lipinski definition) is 8.